The van der Waals surface area contributed by atoms with Crippen molar-refractivity contribution < 1.29 is 13.6 Å². The smallest absolute Gasteiger partial charge is 0.260 e. The molecule has 32 heavy (non-hydrogen) atoms. The van der Waals surface area contributed by atoms with Gasteiger partial charge in [0.1, 0.15) is 0 Å². The zero-order valence-corrected chi connectivity index (χ0v) is 23.0. The number of nitrogens with zero attached hydrogens (tertiary/aromatic N) is 4. The maximum atomic E-state index is 5.84. The van der Waals surface area contributed by atoms with Crippen molar-refractivity contribution in [2.24, 2.45) is 10.2 Å². The molecular formula is C18H23N5O3P3S3+3. The second-order valence-electron chi connectivity index (χ2n) is 5.93. The van der Waals surface area contributed by atoms with Crippen LogP contribution in [-0.4, -0.2) is 50.2 Å². The fourth-order valence-corrected chi connectivity index (χ4v) is 4.13. The summed E-state index contributed by atoms with van der Waals surface area (Å²) in [6.45, 7) is 0. The van der Waals surface area contributed by atoms with Crippen molar-refractivity contribution in [3.63, 3.8) is 0 Å². The molecule has 0 aromatic heterocycles. The summed E-state index contributed by atoms with van der Waals surface area (Å²) in [5.74, 6) is 1.37. The summed E-state index contributed by atoms with van der Waals surface area (Å²) in [6.07, 6.45) is 3.43. The topological polar surface area (TPSA) is 70.9 Å². The van der Waals surface area contributed by atoms with Crippen molar-refractivity contribution in [1.82, 2.24) is 14.6 Å². The first-order chi connectivity index (χ1) is 15.3. The van der Waals surface area contributed by atoms with Crippen LogP contribution in [0.25, 0.3) is 0 Å². The minimum atomic E-state index is -1.37. The Morgan fingerprint density at radius 2 is 1.22 bits per heavy atom. The molecule has 0 fully saturated rings. The molecule has 0 aliphatic rings. The Morgan fingerprint density at radius 3 is 1.66 bits per heavy atom. The van der Waals surface area contributed by atoms with Crippen molar-refractivity contribution in [2.45, 2.75) is 0 Å². The highest BCUT2D eigenvalue weighted by Gasteiger charge is 2.20. The summed E-state index contributed by atoms with van der Waals surface area (Å²) in [5, 5.41) is 11.6. The predicted molar refractivity (Wildman–Crippen MR) is 144 cm³/mol. The minimum absolute atomic E-state index is 0.660. The number of hydrogen-bond acceptors (Lipinski definition) is 8. The molecule has 168 valence electrons. The van der Waals surface area contributed by atoms with Gasteiger partial charge in [-0.05, 0) is 59.7 Å². The monoisotopic (exact) mass is 546 g/mol. The summed E-state index contributed by atoms with van der Waals surface area (Å²) < 4.78 is 19.7. The van der Waals surface area contributed by atoms with Crippen LogP contribution in [-0.2, 0) is 39.9 Å². The molecule has 2 aromatic rings. The van der Waals surface area contributed by atoms with Gasteiger partial charge in [-0.2, -0.15) is 4.52 Å². The molecule has 2 aromatic carbocycles. The molecule has 0 bridgehead atoms. The van der Waals surface area contributed by atoms with E-state index in [4.69, 9.17) is 49.0 Å². The molecule has 0 amide bonds. The van der Waals surface area contributed by atoms with Crippen LogP contribution >= 0.6 is 21.2 Å². The normalized spacial score (nSPS) is 12.6. The second kappa shape index (κ2) is 13.9. The number of hydrazone groups is 2. The lowest BCUT2D eigenvalue weighted by molar-refractivity contribution is 0.421. The van der Waals surface area contributed by atoms with Gasteiger partial charge >= 0.3 is 21.2 Å². The van der Waals surface area contributed by atoms with Crippen molar-refractivity contribution in [1.29, 1.82) is 0 Å². The fourth-order valence-electron chi connectivity index (χ4n) is 2.02. The first-order valence-electron chi connectivity index (χ1n) is 9.07. The fraction of sp³-hybridized carbons (Fsp3) is 0.222. The van der Waals surface area contributed by atoms with E-state index in [9.17, 15) is 0 Å². The third-order valence-corrected chi connectivity index (χ3v) is 9.12. The van der Waals surface area contributed by atoms with Crippen molar-refractivity contribution in [3.8, 4) is 11.5 Å². The highest BCUT2D eigenvalue weighted by Crippen LogP contribution is 2.31. The number of rotatable bonds is 12. The molecule has 0 radical (unpaired) electrons. The summed E-state index contributed by atoms with van der Waals surface area (Å²) in [4.78, 5) is 0. The van der Waals surface area contributed by atoms with E-state index < -0.39 is 21.2 Å². The van der Waals surface area contributed by atoms with E-state index in [1.807, 2.05) is 48.5 Å². The molecule has 2 rings (SSSR count). The summed E-state index contributed by atoms with van der Waals surface area (Å²) in [6, 6.07) is 14.9. The van der Waals surface area contributed by atoms with E-state index in [1.54, 1.807) is 50.2 Å². The van der Waals surface area contributed by atoms with Gasteiger partial charge in [0.2, 0.25) is 35.4 Å². The van der Waals surface area contributed by atoms with E-state index in [2.05, 4.69) is 15.3 Å². The third-order valence-electron chi connectivity index (χ3n) is 3.69. The lowest BCUT2D eigenvalue weighted by Gasteiger charge is -2.03. The average Bonchev–Trinajstić information content (AvgIpc) is 2.81. The summed E-state index contributed by atoms with van der Waals surface area (Å²) in [7, 11) is 3.31. The Labute approximate surface area is 206 Å². The predicted octanol–water partition coefficient (Wildman–Crippen LogP) is 4.86. The van der Waals surface area contributed by atoms with Gasteiger partial charge in [0.05, 0.1) is 33.6 Å². The molecule has 0 saturated carbocycles. The summed E-state index contributed by atoms with van der Waals surface area (Å²) in [5.41, 5.74) is 1.81. The molecule has 3 unspecified atom stereocenters. The van der Waals surface area contributed by atoms with Gasteiger partial charge in [0.15, 0.2) is 11.5 Å². The summed E-state index contributed by atoms with van der Waals surface area (Å²) >= 11 is 15.7. The highest BCUT2D eigenvalue weighted by atomic mass is 32.4. The zero-order chi connectivity index (χ0) is 23.5. The van der Waals surface area contributed by atoms with Gasteiger partial charge in [-0.1, -0.05) is 9.56 Å². The van der Waals surface area contributed by atoms with E-state index in [1.165, 1.54) is 0 Å². The van der Waals surface area contributed by atoms with Crippen LogP contribution in [0.3, 0.4) is 0 Å². The standard InChI is InChI=1S/C18H23N5O3P3S3/c1-19-27(30)25-17-9-5-15(6-10-17)14-21-23(3)29(32)26-18-11-7-16(8-12-18)13-20-22(2)28(31)24-4/h5-14H,1-4H3,(H,19,30)/q+3/b20-13+,21-14+. The number of benzene rings is 2. The van der Waals surface area contributed by atoms with Crippen LogP contribution in [0.15, 0.2) is 58.7 Å². The van der Waals surface area contributed by atoms with Gasteiger partial charge in [-0.3, -0.25) is 9.05 Å². The van der Waals surface area contributed by atoms with Gasteiger partial charge in [-0.25, -0.2) is 0 Å². The minimum Gasteiger partial charge on any atom is -0.260 e. The average molecular weight is 547 g/mol. The molecule has 0 aliphatic carbocycles. The third kappa shape index (κ3) is 9.14. The molecule has 1 N–H and O–H groups in total. The van der Waals surface area contributed by atoms with E-state index in [0.29, 0.717) is 11.5 Å². The van der Waals surface area contributed by atoms with Crippen LogP contribution in [0.1, 0.15) is 11.1 Å². The van der Waals surface area contributed by atoms with Crippen LogP contribution in [0.4, 0.5) is 0 Å². The molecule has 3 atom stereocenters. The molecule has 8 nitrogen and oxygen atoms in total. The first kappa shape index (κ1) is 26.7. The van der Waals surface area contributed by atoms with E-state index in [0.717, 1.165) is 11.1 Å². The molecule has 14 heteroatoms. The van der Waals surface area contributed by atoms with Crippen LogP contribution in [0.2, 0.25) is 0 Å². The van der Waals surface area contributed by atoms with Crippen molar-refractivity contribution >= 4 is 69.1 Å². The number of nitrogens with one attached hydrogen (secondary N) is 1. The van der Waals surface area contributed by atoms with Crippen molar-refractivity contribution in [3.05, 3.63) is 59.7 Å². The number of hydrogen-bond donors (Lipinski definition) is 1. The molecule has 0 saturated heterocycles. The Morgan fingerprint density at radius 1 is 0.781 bits per heavy atom. The Kier molecular flexibility index (Phi) is 11.6. The van der Waals surface area contributed by atoms with Crippen LogP contribution < -0.4 is 14.1 Å². The Bertz CT molecular complexity index is 1010. The van der Waals surface area contributed by atoms with Gasteiger partial charge in [-0.15, -0.1) is 15.3 Å². The maximum absolute atomic E-state index is 5.84. The van der Waals surface area contributed by atoms with E-state index >= 15 is 0 Å². The zero-order valence-electron chi connectivity index (χ0n) is 17.9. The van der Waals surface area contributed by atoms with Crippen LogP contribution in [0, 0.1) is 0 Å². The molecule has 0 spiro atoms. The Balaban J connectivity index is 1.89. The lowest BCUT2D eigenvalue weighted by Crippen LogP contribution is -2.03. The van der Waals surface area contributed by atoms with Gasteiger partial charge in [0.25, 0.3) is 0 Å². The first-order valence-corrected chi connectivity index (χ1v) is 15.8. The van der Waals surface area contributed by atoms with Crippen molar-refractivity contribution in [2.75, 3.05) is 28.3 Å². The molecule has 0 heterocycles. The second-order valence-corrected chi connectivity index (χ2v) is 12.6. The Hall–Kier alpha value is -1.54. The maximum Gasteiger partial charge on any atom is 0.540 e. The van der Waals surface area contributed by atoms with Crippen LogP contribution in [0.5, 0.6) is 11.5 Å². The van der Waals surface area contributed by atoms with Gasteiger partial charge in [0, 0.05) is 7.05 Å². The van der Waals surface area contributed by atoms with E-state index in [-0.39, 0.29) is 0 Å². The SMILES string of the molecule is CN[P+](=S)Oc1ccc(/C=N/N(C)[P+](=S)Oc2ccc(/C=N/N(C)[P+](=S)OC)cc2)cc1. The lowest BCUT2D eigenvalue weighted by atomic mass is 10.2. The molecular weight excluding hydrogens is 523 g/mol. The quantitative estimate of drug-likeness (QED) is 0.228. The molecule has 0 aliphatic heterocycles. The highest BCUT2D eigenvalue weighted by molar-refractivity contribution is 8.02. The van der Waals surface area contributed by atoms with Gasteiger partial charge < -0.3 is 0 Å². The largest absolute Gasteiger partial charge is 0.540 e.